The quantitative estimate of drug-likeness (QED) is 0.442. The molecule has 1 spiro atoms. The molecule has 1 aromatic rings. The Morgan fingerprint density at radius 3 is 2.71 bits per heavy atom. The normalized spacial score (nSPS) is 22.3. The van der Waals surface area contributed by atoms with Crippen LogP contribution in [0.1, 0.15) is 37.4 Å². The molecule has 2 heterocycles. The molecule has 3 rings (SSSR count). The SMILES string of the molecule is CN=CC(C(=N)/C=C\C(N)=NCC1CC12CCN(Cc1ncccc1C)CC2)=C(C)N. The number of hydrogen-bond donors (Lipinski definition) is 3. The predicted octanol–water partition coefficient (Wildman–Crippen LogP) is 2.86. The molecule has 0 aromatic carbocycles. The summed E-state index contributed by atoms with van der Waals surface area (Å²) in [6.45, 7) is 7.83. The van der Waals surface area contributed by atoms with Gasteiger partial charge in [0.15, 0.2) is 0 Å². The minimum atomic E-state index is 0.280. The van der Waals surface area contributed by atoms with Gasteiger partial charge >= 0.3 is 0 Å². The number of nitrogens with two attached hydrogens (primary N) is 2. The first kappa shape index (κ1) is 22.9. The van der Waals surface area contributed by atoms with Gasteiger partial charge in [0.05, 0.1) is 11.4 Å². The maximum absolute atomic E-state index is 8.13. The smallest absolute Gasteiger partial charge is 0.118 e. The van der Waals surface area contributed by atoms with Gasteiger partial charge in [0, 0.05) is 43.8 Å². The number of hydrogen-bond acceptors (Lipinski definition) is 6. The molecule has 31 heavy (non-hydrogen) atoms. The average molecular weight is 422 g/mol. The Morgan fingerprint density at radius 2 is 2.06 bits per heavy atom. The first-order valence-corrected chi connectivity index (χ1v) is 10.9. The van der Waals surface area contributed by atoms with E-state index in [9.17, 15) is 0 Å². The van der Waals surface area contributed by atoms with Crippen LogP contribution in [0.15, 0.2) is 51.7 Å². The van der Waals surface area contributed by atoms with Crippen molar-refractivity contribution in [3.05, 3.63) is 53.0 Å². The van der Waals surface area contributed by atoms with Crippen molar-refractivity contribution in [3.63, 3.8) is 0 Å². The predicted molar refractivity (Wildman–Crippen MR) is 129 cm³/mol. The Hall–Kier alpha value is -2.80. The lowest BCUT2D eigenvalue weighted by Gasteiger charge is -2.32. The topological polar surface area (TPSA) is 117 Å². The van der Waals surface area contributed by atoms with Crippen molar-refractivity contribution in [1.82, 2.24) is 9.88 Å². The van der Waals surface area contributed by atoms with Crippen molar-refractivity contribution in [2.45, 2.75) is 39.7 Å². The van der Waals surface area contributed by atoms with Gasteiger partial charge in [0.1, 0.15) is 5.84 Å². The zero-order chi connectivity index (χ0) is 22.4. The van der Waals surface area contributed by atoms with Crippen molar-refractivity contribution < 1.29 is 0 Å². The number of aromatic nitrogens is 1. The lowest BCUT2D eigenvalue weighted by atomic mass is 9.90. The van der Waals surface area contributed by atoms with Crippen LogP contribution >= 0.6 is 0 Å². The fourth-order valence-electron chi connectivity index (χ4n) is 4.39. The van der Waals surface area contributed by atoms with Gasteiger partial charge in [0.25, 0.3) is 0 Å². The van der Waals surface area contributed by atoms with Crippen LogP contribution in [0.2, 0.25) is 0 Å². The maximum atomic E-state index is 8.13. The lowest BCUT2D eigenvalue weighted by molar-refractivity contribution is 0.155. The number of allylic oxidation sites excluding steroid dienone is 3. The molecule has 0 bridgehead atoms. The highest BCUT2D eigenvalue weighted by Crippen LogP contribution is 2.59. The minimum Gasteiger partial charge on any atom is -0.402 e. The number of likely N-dealkylation sites (tertiary alicyclic amines) is 1. The van der Waals surface area contributed by atoms with E-state index in [2.05, 4.69) is 32.9 Å². The van der Waals surface area contributed by atoms with Crippen LogP contribution in [0, 0.1) is 23.7 Å². The van der Waals surface area contributed by atoms with Crippen LogP contribution in [0.5, 0.6) is 0 Å². The molecule has 2 fully saturated rings. The number of amidine groups is 1. The first-order valence-electron chi connectivity index (χ1n) is 10.9. The first-order chi connectivity index (χ1) is 14.8. The standard InChI is InChI=1S/C24H35N7/c1-17-5-4-10-29-22(17)16-31-11-8-24(9-12-31)13-19(24)14-30-23(27)7-6-21(26)20(15-28-3)18(2)25/h4-7,10,15,19,26H,8-9,11-14,16,25H2,1-3H3,(H2,27,30)/b7-6-,20-18?,26-21?,28-15?. The van der Waals surface area contributed by atoms with Gasteiger partial charge in [-0.25, -0.2) is 0 Å². The van der Waals surface area contributed by atoms with Gasteiger partial charge in [-0.2, -0.15) is 0 Å². The second-order valence-electron chi connectivity index (χ2n) is 8.80. The number of nitrogens with one attached hydrogen (secondary N) is 1. The van der Waals surface area contributed by atoms with Crippen molar-refractivity contribution in [2.75, 3.05) is 26.7 Å². The van der Waals surface area contributed by atoms with E-state index in [4.69, 9.17) is 16.9 Å². The molecule has 0 radical (unpaired) electrons. The van der Waals surface area contributed by atoms with E-state index in [0.29, 0.717) is 28.4 Å². The maximum Gasteiger partial charge on any atom is 0.118 e. The zero-order valence-corrected chi connectivity index (χ0v) is 18.9. The highest BCUT2D eigenvalue weighted by atomic mass is 15.1. The molecule has 1 aliphatic heterocycles. The molecule has 5 N–H and O–H groups in total. The Kier molecular flexibility index (Phi) is 7.38. The number of piperidine rings is 1. The van der Waals surface area contributed by atoms with E-state index < -0.39 is 0 Å². The van der Waals surface area contributed by atoms with Crippen LogP contribution in [0.4, 0.5) is 0 Å². The number of aryl methyl sites for hydroxylation is 1. The van der Waals surface area contributed by atoms with Gasteiger partial charge in [0.2, 0.25) is 0 Å². The summed E-state index contributed by atoms with van der Waals surface area (Å²) in [6.07, 6.45) is 10.5. The molecule has 1 aromatic heterocycles. The van der Waals surface area contributed by atoms with Crippen LogP contribution in [-0.2, 0) is 6.54 Å². The van der Waals surface area contributed by atoms with Gasteiger partial charge in [-0.1, -0.05) is 6.07 Å². The van der Waals surface area contributed by atoms with Gasteiger partial charge in [-0.05, 0) is 81.3 Å². The third-order valence-corrected chi connectivity index (χ3v) is 6.59. The molecule has 2 aliphatic rings. The lowest BCUT2D eigenvalue weighted by Crippen LogP contribution is -2.35. The highest BCUT2D eigenvalue weighted by molar-refractivity contribution is 6.21. The van der Waals surface area contributed by atoms with Crippen LogP contribution < -0.4 is 11.5 Å². The summed E-state index contributed by atoms with van der Waals surface area (Å²) in [7, 11) is 1.66. The van der Waals surface area contributed by atoms with Crippen LogP contribution in [-0.4, -0.2) is 54.3 Å². The minimum absolute atomic E-state index is 0.280. The molecule has 1 atom stereocenters. The third-order valence-electron chi connectivity index (χ3n) is 6.59. The third kappa shape index (κ3) is 5.88. The summed E-state index contributed by atoms with van der Waals surface area (Å²) >= 11 is 0. The van der Waals surface area contributed by atoms with Crippen molar-refractivity contribution in [1.29, 1.82) is 5.41 Å². The van der Waals surface area contributed by atoms with Gasteiger partial charge < -0.3 is 16.9 Å². The largest absolute Gasteiger partial charge is 0.402 e. The summed E-state index contributed by atoms with van der Waals surface area (Å²) in [4.78, 5) is 15.6. The number of aliphatic imine (C=N–C) groups is 2. The van der Waals surface area contributed by atoms with Crippen molar-refractivity contribution in [3.8, 4) is 0 Å². The van der Waals surface area contributed by atoms with Crippen molar-refractivity contribution >= 4 is 17.8 Å². The van der Waals surface area contributed by atoms with E-state index in [0.717, 1.165) is 26.2 Å². The molecular weight excluding hydrogens is 386 g/mol. The highest BCUT2D eigenvalue weighted by Gasteiger charge is 2.54. The molecule has 0 amide bonds. The second-order valence-corrected chi connectivity index (χ2v) is 8.80. The summed E-state index contributed by atoms with van der Waals surface area (Å²) < 4.78 is 0. The van der Waals surface area contributed by atoms with E-state index in [-0.39, 0.29) is 5.71 Å². The number of nitrogens with zero attached hydrogens (tertiary/aromatic N) is 4. The molecule has 7 nitrogen and oxygen atoms in total. The summed E-state index contributed by atoms with van der Waals surface area (Å²) in [6, 6.07) is 4.13. The fraction of sp³-hybridized carbons (Fsp3) is 0.500. The molecule has 7 heteroatoms. The Balaban J connectivity index is 1.47. The Labute approximate surface area is 185 Å². The monoisotopic (exact) mass is 421 g/mol. The molecule has 166 valence electrons. The second kappa shape index (κ2) is 10.0. The van der Waals surface area contributed by atoms with Gasteiger partial charge in [-0.3, -0.25) is 19.9 Å². The van der Waals surface area contributed by atoms with Crippen LogP contribution in [0.25, 0.3) is 0 Å². The molecule has 1 unspecified atom stereocenters. The summed E-state index contributed by atoms with van der Waals surface area (Å²) in [5, 5.41) is 8.13. The zero-order valence-electron chi connectivity index (χ0n) is 18.9. The molecule has 1 aliphatic carbocycles. The Bertz CT molecular complexity index is 914. The van der Waals surface area contributed by atoms with Gasteiger partial charge in [-0.15, -0.1) is 0 Å². The number of pyridine rings is 1. The van der Waals surface area contributed by atoms with Crippen LogP contribution in [0.3, 0.4) is 0 Å². The van der Waals surface area contributed by atoms with E-state index >= 15 is 0 Å². The van der Waals surface area contributed by atoms with E-state index in [1.165, 1.54) is 30.5 Å². The van der Waals surface area contributed by atoms with Crippen molar-refractivity contribution in [2.24, 2.45) is 32.8 Å². The molecular formula is C24H35N7. The fourth-order valence-corrected chi connectivity index (χ4v) is 4.39. The average Bonchev–Trinajstić information content (AvgIpc) is 3.43. The molecule has 1 saturated carbocycles. The summed E-state index contributed by atoms with van der Waals surface area (Å²) in [5.74, 6) is 1.07. The summed E-state index contributed by atoms with van der Waals surface area (Å²) in [5.41, 5.74) is 16.2. The van der Waals surface area contributed by atoms with E-state index in [1.807, 2.05) is 12.3 Å². The molecule has 1 saturated heterocycles. The van der Waals surface area contributed by atoms with E-state index in [1.54, 1.807) is 32.3 Å². The number of rotatable bonds is 8. The Morgan fingerprint density at radius 1 is 1.32 bits per heavy atom.